The second kappa shape index (κ2) is 11.0. The SMILES string of the molecule is c1ccc(-c2nc3ccccc3n2-c2ccc(-c3ccc(N(c4ccccc4)c4cncc5ccccc45)cc3)cc2)cc1. The lowest BCUT2D eigenvalue weighted by Crippen LogP contribution is -2.10. The summed E-state index contributed by atoms with van der Waals surface area (Å²) in [6.45, 7) is 0. The first-order valence-electron chi connectivity index (χ1n) is 14.8. The van der Waals surface area contributed by atoms with Crippen LogP contribution in [0.3, 0.4) is 0 Å². The van der Waals surface area contributed by atoms with Crippen LogP contribution in [-0.4, -0.2) is 14.5 Å². The van der Waals surface area contributed by atoms with Crippen molar-refractivity contribution < 1.29 is 0 Å². The summed E-state index contributed by atoms with van der Waals surface area (Å²) in [5, 5.41) is 2.27. The van der Waals surface area contributed by atoms with E-state index in [0.29, 0.717) is 0 Å². The topological polar surface area (TPSA) is 34.0 Å². The fourth-order valence-electron chi connectivity index (χ4n) is 5.96. The predicted octanol–water partition coefficient (Wildman–Crippen LogP) is 10.4. The van der Waals surface area contributed by atoms with Gasteiger partial charge >= 0.3 is 0 Å². The van der Waals surface area contributed by atoms with Crippen LogP contribution in [0.15, 0.2) is 170 Å². The molecule has 0 amide bonds. The summed E-state index contributed by atoms with van der Waals surface area (Å²) in [6.07, 6.45) is 3.87. The predicted molar refractivity (Wildman–Crippen MR) is 182 cm³/mol. The van der Waals surface area contributed by atoms with E-state index in [-0.39, 0.29) is 0 Å². The van der Waals surface area contributed by atoms with Crippen LogP contribution in [0.5, 0.6) is 0 Å². The fraction of sp³-hybridized carbons (Fsp3) is 0. The fourth-order valence-corrected chi connectivity index (χ4v) is 5.96. The van der Waals surface area contributed by atoms with Gasteiger partial charge < -0.3 is 4.90 Å². The summed E-state index contributed by atoms with van der Waals surface area (Å²) in [5.41, 5.74) is 9.77. The van der Waals surface area contributed by atoms with E-state index in [2.05, 4.69) is 154 Å². The minimum Gasteiger partial charge on any atom is -0.308 e. The maximum atomic E-state index is 4.99. The van der Waals surface area contributed by atoms with E-state index in [1.807, 2.05) is 30.6 Å². The molecule has 0 aliphatic rings. The number of imidazole rings is 1. The number of nitrogens with zero attached hydrogens (tertiary/aromatic N) is 4. The Labute approximate surface area is 256 Å². The molecule has 8 aromatic rings. The van der Waals surface area contributed by atoms with Crippen molar-refractivity contribution in [3.63, 3.8) is 0 Å². The lowest BCUT2D eigenvalue weighted by atomic mass is 10.0. The van der Waals surface area contributed by atoms with Crippen LogP contribution in [0, 0.1) is 0 Å². The first kappa shape index (κ1) is 25.7. The first-order valence-corrected chi connectivity index (χ1v) is 14.8. The molecule has 44 heavy (non-hydrogen) atoms. The van der Waals surface area contributed by atoms with Crippen molar-refractivity contribution in [3.05, 3.63) is 170 Å². The molecule has 6 aromatic carbocycles. The number of hydrogen-bond acceptors (Lipinski definition) is 3. The summed E-state index contributed by atoms with van der Waals surface area (Å²) in [7, 11) is 0. The lowest BCUT2D eigenvalue weighted by molar-refractivity contribution is 1.10. The highest BCUT2D eigenvalue weighted by Crippen LogP contribution is 2.39. The lowest BCUT2D eigenvalue weighted by Gasteiger charge is -2.26. The van der Waals surface area contributed by atoms with Crippen molar-refractivity contribution in [2.75, 3.05) is 4.90 Å². The number of pyridine rings is 1. The molecule has 8 rings (SSSR count). The standard InChI is InChI=1S/C40H28N4/c1-3-11-31(12-4-1)40-42-37-17-9-10-18-38(37)44(40)35-25-21-30(22-26-35)29-19-23-34(24-20-29)43(33-14-5-2-6-15-33)39-28-41-27-32-13-7-8-16-36(32)39/h1-28H. The smallest absolute Gasteiger partial charge is 0.145 e. The molecule has 4 nitrogen and oxygen atoms in total. The van der Waals surface area contributed by atoms with Gasteiger partial charge in [-0.15, -0.1) is 0 Å². The van der Waals surface area contributed by atoms with Gasteiger partial charge in [-0.3, -0.25) is 9.55 Å². The van der Waals surface area contributed by atoms with Crippen LogP contribution < -0.4 is 4.90 Å². The molecule has 0 aliphatic heterocycles. The summed E-state index contributed by atoms with van der Waals surface area (Å²) in [4.78, 5) is 11.8. The zero-order chi connectivity index (χ0) is 29.3. The van der Waals surface area contributed by atoms with Crippen molar-refractivity contribution >= 4 is 38.9 Å². The molecule has 0 aliphatic carbocycles. The minimum absolute atomic E-state index is 0.938. The minimum atomic E-state index is 0.938. The Hall–Kier alpha value is -6.00. The Bertz CT molecular complexity index is 2200. The number of para-hydroxylation sites is 3. The van der Waals surface area contributed by atoms with E-state index in [4.69, 9.17) is 4.98 Å². The van der Waals surface area contributed by atoms with E-state index in [1.54, 1.807) is 0 Å². The summed E-state index contributed by atoms with van der Waals surface area (Å²) in [6, 6.07) is 55.1. The Morgan fingerprint density at radius 2 is 1.09 bits per heavy atom. The third kappa shape index (κ3) is 4.59. The van der Waals surface area contributed by atoms with Gasteiger partial charge in [0.05, 0.1) is 22.9 Å². The second-order valence-electron chi connectivity index (χ2n) is 10.8. The van der Waals surface area contributed by atoms with Gasteiger partial charge in [-0.1, -0.05) is 109 Å². The van der Waals surface area contributed by atoms with Gasteiger partial charge in [-0.05, 0) is 59.7 Å². The Morgan fingerprint density at radius 1 is 0.477 bits per heavy atom. The molecule has 0 saturated carbocycles. The molecule has 0 spiro atoms. The van der Waals surface area contributed by atoms with Crippen LogP contribution in [0.25, 0.3) is 50.0 Å². The molecule has 0 radical (unpaired) electrons. The van der Waals surface area contributed by atoms with Crippen molar-refractivity contribution in [1.82, 2.24) is 14.5 Å². The summed E-state index contributed by atoms with van der Waals surface area (Å²) < 4.78 is 2.24. The molecule has 2 aromatic heterocycles. The largest absolute Gasteiger partial charge is 0.308 e. The number of fused-ring (bicyclic) bond motifs is 2. The van der Waals surface area contributed by atoms with Gasteiger partial charge in [0.2, 0.25) is 0 Å². The highest BCUT2D eigenvalue weighted by molar-refractivity contribution is 5.98. The average molecular weight is 565 g/mol. The number of aromatic nitrogens is 3. The molecule has 208 valence electrons. The molecular formula is C40H28N4. The zero-order valence-corrected chi connectivity index (χ0v) is 24.0. The van der Waals surface area contributed by atoms with Crippen molar-refractivity contribution in [1.29, 1.82) is 0 Å². The van der Waals surface area contributed by atoms with Gasteiger partial charge in [0.25, 0.3) is 0 Å². The van der Waals surface area contributed by atoms with Crippen LogP contribution in [0.1, 0.15) is 0 Å². The highest BCUT2D eigenvalue weighted by atomic mass is 15.1. The normalized spacial score (nSPS) is 11.2. The third-order valence-electron chi connectivity index (χ3n) is 8.08. The molecule has 0 atom stereocenters. The Kier molecular flexibility index (Phi) is 6.43. The molecular weight excluding hydrogens is 536 g/mol. The second-order valence-corrected chi connectivity index (χ2v) is 10.8. The summed E-state index contributed by atoms with van der Waals surface area (Å²) >= 11 is 0. The molecule has 0 saturated heterocycles. The molecule has 2 heterocycles. The van der Waals surface area contributed by atoms with E-state index >= 15 is 0 Å². The van der Waals surface area contributed by atoms with E-state index in [9.17, 15) is 0 Å². The zero-order valence-electron chi connectivity index (χ0n) is 24.0. The molecule has 0 fully saturated rings. The highest BCUT2D eigenvalue weighted by Gasteiger charge is 2.17. The van der Waals surface area contributed by atoms with Gasteiger partial charge in [0.1, 0.15) is 5.82 Å². The van der Waals surface area contributed by atoms with E-state index in [0.717, 1.165) is 67.1 Å². The Morgan fingerprint density at radius 3 is 1.86 bits per heavy atom. The van der Waals surface area contributed by atoms with Gasteiger partial charge in [0, 0.05) is 39.6 Å². The monoisotopic (exact) mass is 564 g/mol. The van der Waals surface area contributed by atoms with Crippen molar-refractivity contribution in [3.8, 4) is 28.2 Å². The number of benzene rings is 6. The van der Waals surface area contributed by atoms with Gasteiger partial charge in [-0.25, -0.2) is 4.98 Å². The third-order valence-corrected chi connectivity index (χ3v) is 8.08. The van der Waals surface area contributed by atoms with Crippen LogP contribution in [0.2, 0.25) is 0 Å². The van der Waals surface area contributed by atoms with Crippen molar-refractivity contribution in [2.45, 2.75) is 0 Å². The maximum absolute atomic E-state index is 4.99. The van der Waals surface area contributed by atoms with Crippen LogP contribution in [-0.2, 0) is 0 Å². The maximum Gasteiger partial charge on any atom is 0.145 e. The average Bonchev–Trinajstić information content (AvgIpc) is 3.50. The Balaban J connectivity index is 1.16. The van der Waals surface area contributed by atoms with Gasteiger partial charge in [0.15, 0.2) is 0 Å². The summed E-state index contributed by atoms with van der Waals surface area (Å²) in [5.74, 6) is 0.938. The van der Waals surface area contributed by atoms with E-state index < -0.39 is 0 Å². The number of rotatable bonds is 6. The van der Waals surface area contributed by atoms with Gasteiger partial charge in [-0.2, -0.15) is 0 Å². The quantitative estimate of drug-likeness (QED) is 0.201. The molecule has 0 bridgehead atoms. The van der Waals surface area contributed by atoms with Crippen LogP contribution >= 0.6 is 0 Å². The van der Waals surface area contributed by atoms with E-state index in [1.165, 1.54) is 0 Å². The number of anilines is 3. The molecule has 0 unspecified atom stereocenters. The number of hydrogen-bond donors (Lipinski definition) is 0. The first-order chi connectivity index (χ1) is 21.8. The molecule has 4 heteroatoms. The van der Waals surface area contributed by atoms with Crippen LogP contribution in [0.4, 0.5) is 17.1 Å². The molecule has 0 N–H and O–H groups in total. The van der Waals surface area contributed by atoms with Crippen molar-refractivity contribution in [2.24, 2.45) is 0 Å².